The van der Waals surface area contributed by atoms with Crippen LogP contribution in [0.4, 0.5) is 5.69 Å². The molecule has 0 radical (unpaired) electrons. The van der Waals surface area contributed by atoms with Gasteiger partial charge in [-0.1, -0.05) is 49.7 Å². The molecule has 3 aromatic rings. The minimum atomic E-state index is -0.950. The van der Waals surface area contributed by atoms with E-state index in [1.54, 1.807) is 54.6 Å². The van der Waals surface area contributed by atoms with Gasteiger partial charge in [-0.15, -0.1) is 0 Å². The lowest BCUT2D eigenvalue weighted by Gasteiger charge is -2.25. The first kappa shape index (κ1) is 23.4. The molecule has 0 bridgehead atoms. The van der Waals surface area contributed by atoms with E-state index in [0.29, 0.717) is 40.1 Å². The predicted octanol–water partition coefficient (Wildman–Crippen LogP) is 5.71. The summed E-state index contributed by atoms with van der Waals surface area (Å²) in [5, 5.41) is 21.6. The van der Waals surface area contributed by atoms with Gasteiger partial charge in [-0.3, -0.25) is 14.5 Å². The highest BCUT2D eigenvalue weighted by atomic mass is 35.5. The molecule has 2 N–H and O–H groups in total. The van der Waals surface area contributed by atoms with E-state index in [4.69, 9.17) is 16.3 Å². The molecule has 4 rings (SSSR count). The molecule has 0 saturated carbocycles. The Bertz CT molecular complexity index is 1270. The Morgan fingerprint density at radius 1 is 1.03 bits per heavy atom. The fourth-order valence-corrected chi connectivity index (χ4v) is 4.06. The molecule has 1 atom stereocenters. The van der Waals surface area contributed by atoms with Gasteiger partial charge in [-0.25, -0.2) is 0 Å². The predicted molar refractivity (Wildman–Crippen MR) is 131 cm³/mol. The number of amides is 1. The molecule has 34 heavy (non-hydrogen) atoms. The monoisotopic (exact) mass is 477 g/mol. The molecular weight excluding hydrogens is 454 g/mol. The van der Waals surface area contributed by atoms with Crippen molar-refractivity contribution in [2.45, 2.75) is 19.9 Å². The van der Waals surface area contributed by atoms with Gasteiger partial charge >= 0.3 is 0 Å². The number of rotatable bonds is 6. The number of aliphatic hydroxyl groups excluding tert-OH is 1. The molecule has 1 aliphatic rings. The van der Waals surface area contributed by atoms with Crippen LogP contribution < -0.4 is 9.64 Å². The van der Waals surface area contributed by atoms with Crippen molar-refractivity contribution < 1.29 is 24.5 Å². The highest BCUT2D eigenvalue weighted by Gasteiger charge is 2.47. The van der Waals surface area contributed by atoms with Crippen LogP contribution in [0.3, 0.4) is 0 Å². The lowest BCUT2D eigenvalue weighted by molar-refractivity contribution is -0.132. The minimum Gasteiger partial charge on any atom is -0.508 e. The molecule has 0 aromatic heterocycles. The maximum atomic E-state index is 13.2. The Kier molecular flexibility index (Phi) is 6.61. The Morgan fingerprint density at radius 3 is 2.38 bits per heavy atom. The van der Waals surface area contributed by atoms with Gasteiger partial charge in [0.05, 0.1) is 18.2 Å². The fourth-order valence-electron chi connectivity index (χ4n) is 3.87. The number of hydrogen-bond donors (Lipinski definition) is 2. The van der Waals surface area contributed by atoms with Gasteiger partial charge in [0.25, 0.3) is 11.7 Å². The van der Waals surface area contributed by atoms with Crippen molar-refractivity contribution in [3.8, 4) is 11.5 Å². The number of benzene rings is 3. The number of carbonyl (C=O) groups is 2. The van der Waals surface area contributed by atoms with Gasteiger partial charge in [0.1, 0.15) is 17.3 Å². The summed E-state index contributed by atoms with van der Waals surface area (Å²) in [7, 11) is 0. The van der Waals surface area contributed by atoms with Gasteiger partial charge in [0.2, 0.25) is 0 Å². The van der Waals surface area contributed by atoms with E-state index >= 15 is 0 Å². The summed E-state index contributed by atoms with van der Waals surface area (Å²) in [5.41, 5.74) is 1.16. The Labute approximate surface area is 202 Å². The maximum absolute atomic E-state index is 13.2. The first-order valence-electron chi connectivity index (χ1n) is 10.8. The van der Waals surface area contributed by atoms with Crippen molar-refractivity contribution in [1.82, 2.24) is 0 Å². The second kappa shape index (κ2) is 9.61. The van der Waals surface area contributed by atoms with Crippen LogP contribution in [0.5, 0.6) is 11.5 Å². The SMILES string of the molecule is CC(C)COc1ccc(N2C(=O)C(=O)/C(=C(\O)c3cccc(Cl)c3)C2c2cccc(O)c2)cc1. The van der Waals surface area contributed by atoms with Gasteiger partial charge in [0, 0.05) is 16.3 Å². The van der Waals surface area contributed by atoms with E-state index in [0.717, 1.165) is 0 Å². The summed E-state index contributed by atoms with van der Waals surface area (Å²) >= 11 is 6.08. The molecule has 7 heteroatoms. The summed E-state index contributed by atoms with van der Waals surface area (Å²) in [6.45, 7) is 4.64. The minimum absolute atomic E-state index is 0.0247. The zero-order valence-corrected chi connectivity index (χ0v) is 19.5. The van der Waals surface area contributed by atoms with E-state index in [1.165, 1.54) is 23.1 Å². The number of hydrogen-bond acceptors (Lipinski definition) is 5. The molecule has 1 fully saturated rings. The zero-order valence-electron chi connectivity index (χ0n) is 18.7. The molecule has 6 nitrogen and oxygen atoms in total. The summed E-state index contributed by atoms with van der Waals surface area (Å²) in [6, 6.07) is 18.6. The zero-order chi connectivity index (χ0) is 24.4. The van der Waals surface area contributed by atoms with E-state index in [-0.39, 0.29) is 17.1 Å². The molecule has 0 aliphatic carbocycles. The number of halogens is 1. The lowest BCUT2D eigenvalue weighted by atomic mass is 9.95. The van der Waals surface area contributed by atoms with Gasteiger partial charge < -0.3 is 14.9 Å². The third kappa shape index (κ3) is 4.63. The number of Topliss-reactive ketones (excluding diaryl/α,β-unsaturated/α-hetero) is 1. The summed E-state index contributed by atoms with van der Waals surface area (Å²) in [6.07, 6.45) is 0. The third-order valence-electron chi connectivity index (χ3n) is 5.43. The molecule has 1 saturated heterocycles. The van der Waals surface area contributed by atoms with Crippen molar-refractivity contribution in [2.75, 3.05) is 11.5 Å². The van der Waals surface area contributed by atoms with E-state index in [2.05, 4.69) is 0 Å². The fraction of sp³-hybridized carbons (Fsp3) is 0.185. The number of ketones is 1. The third-order valence-corrected chi connectivity index (χ3v) is 5.66. The standard InChI is InChI=1S/C27H24ClNO5/c1-16(2)15-34-22-11-9-20(10-12-22)29-24(17-5-4-8-21(30)14-17)23(26(32)27(29)33)25(31)18-6-3-7-19(28)13-18/h3-14,16,24,30-31H,15H2,1-2H3/b25-23-. The van der Waals surface area contributed by atoms with Gasteiger partial charge in [-0.05, 0) is 60.0 Å². The number of anilines is 1. The van der Waals surface area contributed by atoms with Gasteiger partial charge in [0.15, 0.2) is 0 Å². The smallest absolute Gasteiger partial charge is 0.300 e. The second-order valence-electron chi connectivity index (χ2n) is 8.47. The average molecular weight is 478 g/mol. The van der Waals surface area contributed by atoms with Crippen molar-refractivity contribution in [3.63, 3.8) is 0 Å². The van der Waals surface area contributed by atoms with E-state index in [9.17, 15) is 19.8 Å². The summed E-state index contributed by atoms with van der Waals surface area (Å²) < 4.78 is 5.72. The Hall–Kier alpha value is -3.77. The number of phenolic OH excluding ortho intramolecular Hbond substituents is 1. The topological polar surface area (TPSA) is 87.1 Å². The van der Waals surface area contributed by atoms with E-state index in [1.807, 2.05) is 13.8 Å². The molecule has 1 aliphatic heterocycles. The molecular formula is C27H24ClNO5. The summed E-state index contributed by atoms with van der Waals surface area (Å²) in [4.78, 5) is 27.7. The van der Waals surface area contributed by atoms with Crippen LogP contribution in [0.2, 0.25) is 5.02 Å². The number of ether oxygens (including phenoxy) is 1. The lowest BCUT2D eigenvalue weighted by Crippen LogP contribution is -2.29. The Balaban J connectivity index is 1.83. The number of aromatic hydroxyl groups is 1. The van der Waals surface area contributed by atoms with Crippen LogP contribution in [0.25, 0.3) is 5.76 Å². The maximum Gasteiger partial charge on any atom is 0.300 e. The van der Waals surface area contributed by atoms with Crippen molar-refractivity contribution in [2.24, 2.45) is 5.92 Å². The number of aliphatic hydroxyl groups is 1. The second-order valence-corrected chi connectivity index (χ2v) is 8.91. The van der Waals surface area contributed by atoms with Crippen LogP contribution in [-0.2, 0) is 9.59 Å². The first-order chi connectivity index (χ1) is 16.3. The normalized spacial score (nSPS) is 17.4. The molecule has 0 spiro atoms. The summed E-state index contributed by atoms with van der Waals surface area (Å²) in [5.74, 6) is -0.979. The van der Waals surface area contributed by atoms with E-state index < -0.39 is 17.7 Å². The van der Waals surface area contributed by atoms with Crippen molar-refractivity contribution >= 4 is 34.7 Å². The van der Waals surface area contributed by atoms with Crippen LogP contribution in [0, 0.1) is 5.92 Å². The molecule has 1 heterocycles. The number of carbonyl (C=O) groups excluding carboxylic acids is 2. The first-order valence-corrected chi connectivity index (χ1v) is 11.2. The largest absolute Gasteiger partial charge is 0.508 e. The molecule has 3 aromatic carbocycles. The van der Waals surface area contributed by atoms with Gasteiger partial charge in [-0.2, -0.15) is 0 Å². The van der Waals surface area contributed by atoms with Crippen LogP contribution in [0.1, 0.15) is 31.0 Å². The highest BCUT2D eigenvalue weighted by molar-refractivity contribution is 6.51. The highest BCUT2D eigenvalue weighted by Crippen LogP contribution is 2.43. The number of nitrogens with zero attached hydrogens (tertiary/aromatic N) is 1. The average Bonchev–Trinajstić information content (AvgIpc) is 3.08. The Morgan fingerprint density at radius 2 is 1.74 bits per heavy atom. The van der Waals surface area contributed by atoms with Crippen LogP contribution in [-0.4, -0.2) is 28.5 Å². The molecule has 174 valence electrons. The van der Waals surface area contributed by atoms with Crippen molar-refractivity contribution in [3.05, 3.63) is 94.5 Å². The van der Waals surface area contributed by atoms with Crippen LogP contribution in [0.15, 0.2) is 78.4 Å². The molecule has 1 amide bonds. The number of phenols is 1. The quantitative estimate of drug-likeness (QED) is 0.270. The molecule has 1 unspecified atom stereocenters. The van der Waals surface area contributed by atoms with Crippen LogP contribution >= 0.6 is 11.6 Å². The van der Waals surface area contributed by atoms with Crippen molar-refractivity contribution in [1.29, 1.82) is 0 Å².